The Bertz CT molecular complexity index is 719. The molecule has 5 heteroatoms. The Morgan fingerprint density at radius 3 is 2.95 bits per heavy atom. The lowest BCUT2D eigenvalue weighted by Crippen LogP contribution is -2.27. The second-order valence-electron chi connectivity index (χ2n) is 5.59. The van der Waals surface area contributed by atoms with Crippen molar-refractivity contribution in [2.45, 2.75) is 19.4 Å². The predicted molar refractivity (Wildman–Crippen MR) is 79.6 cm³/mol. The van der Waals surface area contributed by atoms with Gasteiger partial charge in [0.15, 0.2) is 0 Å². The van der Waals surface area contributed by atoms with Gasteiger partial charge in [-0.15, -0.1) is 4.73 Å². The summed E-state index contributed by atoms with van der Waals surface area (Å²) < 4.78 is 0.792. The zero-order chi connectivity index (χ0) is 14.3. The molecule has 1 aliphatic rings. The molecule has 5 nitrogen and oxygen atoms in total. The molecule has 0 radical (unpaired) electrons. The van der Waals surface area contributed by atoms with E-state index in [1.54, 1.807) is 0 Å². The van der Waals surface area contributed by atoms with Gasteiger partial charge in [-0.3, -0.25) is 4.79 Å². The molecule has 2 N–H and O–H groups in total. The van der Waals surface area contributed by atoms with Crippen LogP contribution < -0.4 is 10.9 Å². The van der Waals surface area contributed by atoms with Gasteiger partial charge < -0.3 is 15.4 Å². The van der Waals surface area contributed by atoms with Gasteiger partial charge in [-0.2, -0.15) is 0 Å². The van der Waals surface area contributed by atoms with Crippen LogP contribution in [0.1, 0.15) is 17.5 Å². The van der Waals surface area contributed by atoms with E-state index in [1.165, 1.54) is 0 Å². The lowest BCUT2D eigenvalue weighted by molar-refractivity contribution is 0.187. The molecule has 0 unspecified atom stereocenters. The summed E-state index contributed by atoms with van der Waals surface area (Å²) in [6, 6.07) is 5.91. The molecule has 1 aromatic heterocycles. The molecule has 0 spiro atoms. The van der Waals surface area contributed by atoms with Gasteiger partial charge in [-0.25, -0.2) is 0 Å². The van der Waals surface area contributed by atoms with Crippen molar-refractivity contribution in [2.24, 2.45) is 0 Å². The monoisotopic (exact) mass is 273 g/mol. The van der Waals surface area contributed by atoms with Crippen LogP contribution in [0.25, 0.3) is 10.9 Å². The zero-order valence-corrected chi connectivity index (χ0v) is 11.8. The fourth-order valence-corrected chi connectivity index (χ4v) is 2.85. The Morgan fingerprint density at radius 2 is 2.20 bits per heavy atom. The first kappa shape index (κ1) is 13.0. The van der Waals surface area contributed by atoms with Gasteiger partial charge >= 0.3 is 0 Å². The molecule has 106 valence electrons. The Balaban J connectivity index is 2.25. The van der Waals surface area contributed by atoms with Gasteiger partial charge in [0.1, 0.15) is 0 Å². The molecule has 0 fully saturated rings. The van der Waals surface area contributed by atoms with E-state index in [-0.39, 0.29) is 5.56 Å². The minimum Gasteiger partial charge on any atom is -0.425 e. The second-order valence-corrected chi connectivity index (χ2v) is 5.59. The number of nitrogens with one attached hydrogen (secondary N) is 1. The summed E-state index contributed by atoms with van der Waals surface area (Å²) in [5, 5.41) is 14.3. The third kappa shape index (κ3) is 2.04. The van der Waals surface area contributed by atoms with E-state index in [2.05, 4.69) is 10.2 Å². The first-order valence-electron chi connectivity index (χ1n) is 6.86. The molecule has 20 heavy (non-hydrogen) atoms. The van der Waals surface area contributed by atoms with E-state index >= 15 is 0 Å². The quantitative estimate of drug-likeness (QED) is 0.817. The molecule has 1 aromatic carbocycles. The summed E-state index contributed by atoms with van der Waals surface area (Å²) in [5.74, 6) is 0. The summed E-state index contributed by atoms with van der Waals surface area (Å²) in [4.78, 5) is 14.3. The van der Waals surface area contributed by atoms with Crippen LogP contribution in [0, 0.1) is 0 Å². The fraction of sp³-hybridized carbons (Fsp3) is 0.400. The average Bonchev–Trinajstić information content (AvgIpc) is 2.44. The molecule has 0 saturated heterocycles. The van der Waals surface area contributed by atoms with E-state index in [9.17, 15) is 10.0 Å². The Morgan fingerprint density at radius 1 is 1.40 bits per heavy atom. The molecule has 2 heterocycles. The van der Waals surface area contributed by atoms with E-state index in [0.717, 1.165) is 47.3 Å². The number of rotatable bonds is 2. The van der Waals surface area contributed by atoms with Crippen LogP contribution in [-0.4, -0.2) is 35.5 Å². The number of benzene rings is 1. The minimum absolute atomic E-state index is 0.304. The minimum atomic E-state index is -0.304. The lowest BCUT2D eigenvalue weighted by atomic mass is 10.0. The van der Waals surface area contributed by atoms with Crippen LogP contribution in [0.5, 0.6) is 0 Å². The van der Waals surface area contributed by atoms with Crippen molar-refractivity contribution < 1.29 is 5.21 Å². The molecule has 0 atom stereocenters. The highest BCUT2D eigenvalue weighted by Crippen LogP contribution is 2.28. The number of aromatic nitrogens is 1. The van der Waals surface area contributed by atoms with Crippen LogP contribution in [0.2, 0.25) is 0 Å². The van der Waals surface area contributed by atoms with Crippen LogP contribution in [0.4, 0.5) is 5.69 Å². The maximum absolute atomic E-state index is 12.2. The number of pyridine rings is 1. The first-order valence-corrected chi connectivity index (χ1v) is 6.86. The predicted octanol–water partition coefficient (Wildman–Crippen LogP) is 1.66. The van der Waals surface area contributed by atoms with Crippen LogP contribution >= 0.6 is 0 Å². The van der Waals surface area contributed by atoms with Gasteiger partial charge in [0.2, 0.25) is 0 Å². The van der Waals surface area contributed by atoms with Crippen molar-refractivity contribution in [3.8, 4) is 0 Å². The maximum atomic E-state index is 12.2. The lowest BCUT2D eigenvalue weighted by Gasteiger charge is -2.21. The molecular weight excluding hydrogens is 254 g/mol. The van der Waals surface area contributed by atoms with Crippen LogP contribution in [-0.2, 0) is 13.0 Å². The van der Waals surface area contributed by atoms with Gasteiger partial charge in [-0.05, 0) is 38.6 Å². The van der Waals surface area contributed by atoms with Crippen molar-refractivity contribution in [3.63, 3.8) is 0 Å². The molecule has 0 amide bonds. The largest absolute Gasteiger partial charge is 0.425 e. The van der Waals surface area contributed by atoms with E-state index in [0.29, 0.717) is 11.1 Å². The third-order valence-electron chi connectivity index (χ3n) is 3.72. The van der Waals surface area contributed by atoms with Crippen molar-refractivity contribution in [1.82, 2.24) is 9.63 Å². The SMILES string of the molecule is CN(C)Cc1ccc2c3c(c(=O)n(O)c2c1)CCCN3. The van der Waals surface area contributed by atoms with Crippen molar-refractivity contribution in [1.29, 1.82) is 0 Å². The van der Waals surface area contributed by atoms with Gasteiger partial charge in [0.05, 0.1) is 11.2 Å². The molecule has 2 aromatic rings. The Labute approximate surface area is 117 Å². The topological polar surface area (TPSA) is 57.5 Å². The second kappa shape index (κ2) is 4.83. The average molecular weight is 273 g/mol. The summed E-state index contributed by atoms with van der Waals surface area (Å²) >= 11 is 0. The van der Waals surface area contributed by atoms with Crippen molar-refractivity contribution >= 4 is 16.6 Å². The highest BCUT2D eigenvalue weighted by Gasteiger charge is 2.19. The number of hydrogen-bond donors (Lipinski definition) is 2. The molecular formula is C15H19N3O2. The summed E-state index contributed by atoms with van der Waals surface area (Å²) in [5.41, 5.74) is 2.91. The standard InChI is InChI=1S/C15H19N3O2/c1-17(2)9-10-5-6-11-13(8-10)18(20)15(19)12-4-3-7-16-14(11)12/h5-6,8,16,20H,3-4,7,9H2,1-2H3. The van der Waals surface area contributed by atoms with Crippen molar-refractivity contribution in [2.75, 3.05) is 26.0 Å². The Hall–Kier alpha value is -2.01. The number of nitrogens with zero attached hydrogens (tertiary/aromatic N) is 2. The van der Waals surface area contributed by atoms with Gasteiger partial charge in [0, 0.05) is 24.0 Å². The van der Waals surface area contributed by atoms with E-state index < -0.39 is 0 Å². The number of hydrogen-bond acceptors (Lipinski definition) is 4. The van der Waals surface area contributed by atoms with E-state index in [4.69, 9.17) is 0 Å². The summed E-state index contributed by atoms with van der Waals surface area (Å²) in [6.45, 7) is 1.64. The molecule has 0 bridgehead atoms. The van der Waals surface area contributed by atoms with Crippen LogP contribution in [0.3, 0.4) is 0 Å². The van der Waals surface area contributed by atoms with Crippen molar-refractivity contribution in [3.05, 3.63) is 39.7 Å². The fourth-order valence-electron chi connectivity index (χ4n) is 2.85. The van der Waals surface area contributed by atoms with Gasteiger partial charge in [0.25, 0.3) is 5.56 Å². The van der Waals surface area contributed by atoms with Crippen LogP contribution in [0.15, 0.2) is 23.0 Å². The number of fused-ring (bicyclic) bond motifs is 3. The Kier molecular flexibility index (Phi) is 3.14. The third-order valence-corrected chi connectivity index (χ3v) is 3.72. The van der Waals surface area contributed by atoms with E-state index in [1.807, 2.05) is 32.3 Å². The van der Waals surface area contributed by atoms with Gasteiger partial charge in [-0.1, -0.05) is 12.1 Å². The highest BCUT2D eigenvalue weighted by atomic mass is 16.5. The first-order chi connectivity index (χ1) is 9.58. The zero-order valence-electron chi connectivity index (χ0n) is 11.8. The molecule has 0 saturated carbocycles. The maximum Gasteiger partial charge on any atom is 0.288 e. The normalized spacial score (nSPS) is 14.3. The highest BCUT2D eigenvalue weighted by molar-refractivity contribution is 5.93. The smallest absolute Gasteiger partial charge is 0.288 e. The summed E-state index contributed by atoms with van der Waals surface area (Å²) in [6.07, 6.45) is 1.64. The molecule has 0 aliphatic carbocycles. The molecule has 3 rings (SSSR count). The summed E-state index contributed by atoms with van der Waals surface area (Å²) in [7, 11) is 3.98. The molecule has 1 aliphatic heterocycles. The number of anilines is 1.